The highest BCUT2D eigenvalue weighted by Crippen LogP contribution is 2.35. The van der Waals surface area contributed by atoms with Gasteiger partial charge >= 0.3 is 0 Å². The molecular formula is C12H12BrClN2O2S2. The number of hydrogen-bond donors (Lipinski definition) is 2. The third kappa shape index (κ3) is 3.73. The average Bonchev–Trinajstić information content (AvgIpc) is 2.73. The van der Waals surface area contributed by atoms with E-state index in [0.29, 0.717) is 14.5 Å². The van der Waals surface area contributed by atoms with E-state index in [-0.39, 0.29) is 4.21 Å². The summed E-state index contributed by atoms with van der Waals surface area (Å²) in [7, 11) is -1.75. The molecule has 1 heterocycles. The van der Waals surface area contributed by atoms with Crippen molar-refractivity contribution in [1.82, 2.24) is 5.32 Å². The Morgan fingerprint density at radius 2 is 1.95 bits per heavy atom. The Balaban J connectivity index is 2.19. The first-order valence-corrected chi connectivity index (χ1v) is 9.10. The van der Waals surface area contributed by atoms with Crippen molar-refractivity contribution in [1.29, 1.82) is 0 Å². The van der Waals surface area contributed by atoms with Crippen molar-refractivity contribution in [2.75, 3.05) is 11.8 Å². The summed E-state index contributed by atoms with van der Waals surface area (Å²) < 4.78 is 27.7. The third-order valence-electron chi connectivity index (χ3n) is 2.47. The molecule has 0 spiro atoms. The van der Waals surface area contributed by atoms with Crippen LogP contribution in [0.5, 0.6) is 0 Å². The number of halogens is 2. The Morgan fingerprint density at radius 3 is 2.45 bits per heavy atom. The van der Waals surface area contributed by atoms with Crippen molar-refractivity contribution in [2.24, 2.45) is 0 Å². The molecule has 2 N–H and O–H groups in total. The van der Waals surface area contributed by atoms with E-state index in [1.54, 1.807) is 12.1 Å². The second-order valence-electron chi connectivity index (χ2n) is 4.02. The highest BCUT2D eigenvalue weighted by molar-refractivity contribution is 9.11. The van der Waals surface area contributed by atoms with Gasteiger partial charge in [-0.25, -0.2) is 8.42 Å². The van der Waals surface area contributed by atoms with E-state index in [4.69, 9.17) is 11.6 Å². The standard InChI is InChI=1S/C12H12BrClN2O2S2/c1-15-7-8-2-4-9(5-3-8)16-20(17,18)11-6-10(14)12(13)19-11/h2-6,15-16H,7H2,1H3. The van der Waals surface area contributed by atoms with Gasteiger partial charge in [-0.05, 0) is 46.7 Å². The van der Waals surface area contributed by atoms with Crippen LogP contribution >= 0.6 is 38.9 Å². The molecule has 0 aliphatic rings. The summed E-state index contributed by atoms with van der Waals surface area (Å²) in [6.07, 6.45) is 0. The summed E-state index contributed by atoms with van der Waals surface area (Å²) in [5, 5.41) is 3.42. The maximum absolute atomic E-state index is 12.2. The molecule has 1 aromatic carbocycles. The van der Waals surface area contributed by atoms with Crippen LogP contribution in [0.15, 0.2) is 38.3 Å². The minimum absolute atomic E-state index is 0.175. The maximum Gasteiger partial charge on any atom is 0.271 e. The Hall–Kier alpha value is -0.600. The molecule has 0 saturated heterocycles. The molecule has 0 aliphatic heterocycles. The zero-order chi connectivity index (χ0) is 14.8. The van der Waals surface area contributed by atoms with E-state index < -0.39 is 10.0 Å². The Labute approximate surface area is 135 Å². The quantitative estimate of drug-likeness (QED) is 0.812. The topological polar surface area (TPSA) is 58.2 Å². The number of nitrogens with one attached hydrogen (secondary N) is 2. The Kier molecular flexibility index (Phi) is 5.09. The van der Waals surface area contributed by atoms with Crippen molar-refractivity contribution < 1.29 is 8.42 Å². The predicted molar refractivity (Wildman–Crippen MR) is 87.0 cm³/mol. The fourth-order valence-corrected chi connectivity index (χ4v) is 5.02. The van der Waals surface area contributed by atoms with Gasteiger partial charge in [0.2, 0.25) is 0 Å². The van der Waals surface area contributed by atoms with E-state index in [9.17, 15) is 8.42 Å². The van der Waals surface area contributed by atoms with E-state index in [2.05, 4.69) is 26.0 Å². The monoisotopic (exact) mass is 394 g/mol. The lowest BCUT2D eigenvalue weighted by Crippen LogP contribution is -2.11. The van der Waals surface area contributed by atoms with Crippen molar-refractivity contribution in [3.05, 3.63) is 44.7 Å². The lowest BCUT2D eigenvalue weighted by atomic mass is 10.2. The molecule has 0 amide bonds. The van der Waals surface area contributed by atoms with Crippen LogP contribution in [-0.4, -0.2) is 15.5 Å². The van der Waals surface area contributed by atoms with Gasteiger partial charge in [-0.3, -0.25) is 4.72 Å². The highest BCUT2D eigenvalue weighted by atomic mass is 79.9. The second-order valence-corrected chi connectivity index (χ2v) is 8.71. The highest BCUT2D eigenvalue weighted by Gasteiger charge is 2.19. The van der Waals surface area contributed by atoms with Crippen molar-refractivity contribution in [3.63, 3.8) is 0 Å². The molecular weight excluding hydrogens is 384 g/mol. The lowest BCUT2D eigenvalue weighted by molar-refractivity contribution is 0.603. The van der Waals surface area contributed by atoms with Crippen molar-refractivity contribution in [2.45, 2.75) is 10.8 Å². The summed E-state index contributed by atoms with van der Waals surface area (Å²) in [6.45, 7) is 0.737. The number of sulfonamides is 1. The molecule has 0 atom stereocenters. The van der Waals surface area contributed by atoms with Crippen LogP contribution < -0.4 is 10.0 Å². The number of hydrogen-bond acceptors (Lipinski definition) is 4. The SMILES string of the molecule is CNCc1ccc(NS(=O)(=O)c2cc(Cl)c(Br)s2)cc1. The molecule has 0 fully saturated rings. The Bertz CT molecular complexity index is 679. The molecule has 20 heavy (non-hydrogen) atoms. The minimum Gasteiger partial charge on any atom is -0.316 e. The first kappa shape index (κ1) is 15.8. The zero-order valence-corrected chi connectivity index (χ0v) is 14.5. The number of anilines is 1. The van der Waals surface area contributed by atoms with Crippen LogP contribution in [0.3, 0.4) is 0 Å². The average molecular weight is 396 g/mol. The maximum atomic E-state index is 12.2. The first-order valence-electron chi connectivity index (χ1n) is 5.63. The molecule has 2 rings (SSSR count). The fourth-order valence-electron chi connectivity index (χ4n) is 1.56. The summed E-state index contributed by atoms with van der Waals surface area (Å²) in [5.41, 5.74) is 1.60. The first-order chi connectivity index (χ1) is 9.42. The van der Waals surface area contributed by atoms with Gasteiger partial charge in [-0.1, -0.05) is 23.7 Å². The number of benzene rings is 1. The third-order valence-corrected chi connectivity index (χ3v) is 6.80. The molecule has 2 aromatic rings. The molecule has 4 nitrogen and oxygen atoms in total. The van der Waals surface area contributed by atoms with Gasteiger partial charge in [0, 0.05) is 12.2 Å². The van der Waals surface area contributed by atoms with Gasteiger partial charge in [0.25, 0.3) is 10.0 Å². The van der Waals surface area contributed by atoms with Gasteiger partial charge in [0.15, 0.2) is 0 Å². The second kappa shape index (κ2) is 6.44. The number of thiophene rings is 1. The van der Waals surface area contributed by atoms with E-state index in [0.717, 1.165) is 23.4 Å². The normalized spacial score (nSPS) is 11.6. The largest absolute Gasteiger partial charge is 0.316 e. The summed E-state index contributed by atoms with van der Waals surface area (Å²) in [6, 6.07) is 8.62. The summed E-state index contributed by atoms with van der Waals surface area (Å²) in [5.74, 6) is 0. The molecule has 0 bridgehead atoms. The molecule has 0 radical (unpaired) electrons. The van der Waals surface area contributed by atoms with E-state index in [1.807, 2.05) is 19.2 Å². The molecule has 1 aromatic heterocycles. The number of rotatable bonds is 5. The van der Waals surface area contributed by atoms with Crippen LogP contribution in [0.4, 0.5) is 5.69 Å². The van der Waals surface area contributed by atoms with Crippen LogP contribution in [0.2, 0.25) is 5.02 Å². The van der Waals surface area contributed by atoms with Crippen LogP contribution in [0.1, 0.15) is 5.56 Å². The summed E-state index contributed by atoms with van der Waals surface area (Å²) >= 11 is 10.1. The van der Waals surface area contributed by atoms with Crippen molar-refractivity contribution >= 4 is 54.6 Å². The van der Waals surface area contributed by atoms with E-state index in [1.165, 1.54) is 6.07 Å². The van der Waals surface area contributed by atoms with Crippen molar-refractivity contribution in [3.8, 4) is 0 Å². The Morgan fingerprint density at radius 1 is 1.30 bits per heavy atom. The molecule has 0 saturated carbocycles. The van der Waals surface area contributed by atoms with Gasteiger partial charge in [-0.2, -0.15) is 0 Å². The minimum atomic E-state index is -3.60. The molecule has 108 valence electrons. The van der Waals surface area contributed by atoms with Gasteiger partial charge in [-0.15, -0.1) is 11.3 Å². The zero-order valence-electron chi connectivity index (χ0n) is 10.5. The molecule has 0 unspecified atom stereocenters. The van der Waals surface area contributed by atoms with Crippen LogP contribution in [-0.2, 0) is 16.6 Å². The smallest absolute Gasteiger partial charge is 0.271 e. The van der Waals surface area contributed by atoms with Gasteiger partial charge in [0.05, 0.1) is 8.81 Å². The van der Waals surface area contributed by atoms with Crippen LogP contribution in [0, 0.1) is 0 Å². The lowest BCUT2D eigenvalue weighted by Gasteiger charge is -2.07. The molecule has 0 aliphatic carbocycles. The molecule has 8 heteroatoms. The van der Waals surface area contributed by atoms with E-state index >= 15 is 0 Å². The predicted octanol–water partition coefficient (Wildman–Crippen LogP) is 3.68. The van der Waals surface area contributed by atoms with Gasteiger partial charge < -0.3 is 5.32 Å². The van der Waals surface area contributed by atoms with Crippen LogP contribution in [0.25, 0.3) is 0 Å². The van der Waals surface area contributed by atoms with Gasteiger partial charge in [0.1, 0.15) is 4.21 Å². The fraction of sp³-hybridized carbons (Fsp3) is 0.167. The summed E-state index contributed by atoms with van der Waals surface area (Å²) in [4.78, 5) is 0.